The van der Waals surface area contributed by atoms with Crippen molar-refractivity contribution < 1.29 is 54.0 Å². The molecule has 0 aromatic carbocycles. The normalized spacial score (nSPS) is 13.8. The average molecular weight is 543 g/mol. The van der Waals surface area contributed by atoms with Gasteiger partial charge < -0.3 is 47.1 Å². The number of nitrogens with one attached hydrogen (secondary N) is 4. The Morgan fingerprint density at radius 1 is 0.737 bits per heavy atom. The monoisotopic (exact) mass is 542 g/mol. The van der Waals surface area contributed by atoms with E-state index in [0.29, 0.717) is 5.69 Å². The van der Waals surface area contributed by atoms with E-state index in [4.69, 9.17) is 21.1 Å². The molecule has 1 rings (SSSR count). The lowest BCUT2D eigenvalue weighted by Crippen LogP contribution is -2.57. The van der Waals surface area contributed by atoms with Gasteiger partial charge in [-0.15, -0.1) is 0 Å². The second-order valence-electron chi connectivity index (χ2n) is 8.21. The summed E-state index contributed by atoms with van der Waals surface area (Å²) >= 11 is 0. The molecule has 10 N–H and O–H groups in total. The highest BCUT2D eigenvalue weighted by molar-refractivity contribution is 5.94. The number of carbonyl (C=O) groups excluding carboxylic acids is 3. The smallest absolute Gasteiger partial charge is 0.326 e. The van der Waals surface area contributed by atoms with Crippen LogP contribution in [0.2, 0.25) is 0 Å². The molecule has 4 atom stereocenters. The summed E-state index contributed by atoms with van der Waals surface area (Å²) in [4.78, 5) is 89.0. The lowest BCUT2D eigenvalue weighted by Gasteiger charge is -2.24. The number of aromatic nitrogens is 2. The van der Waals surface area contributed by atoms with E-state index in [-0.39, 0.29) is 6.42 Å². The molecule has 0 saturated heterocycles. The maximum Gasteiger partial charge on any atom is 0.326 e. The van der Waals surface area contributed by atoms with Crippen molar-refractivity contribution in [3.8, 4) is 0 Å². The fourth-order valence-corrected chi connectivity index (χ4v) is 3.15. The molecule has 0 radical (unpaired) electrons. The van der Waals surface area contributed by atoms with Crippen molar-refractivity contribution in [1.82, 2.24) is 25.9 Å². The summed E-state index contributed by atoms with van der Waals surface area (Å²) in [6.45, 7) is 0. The Hall–Kier alpha value is -4.54. The van der Waals surface area contributed by atoms with Crippen molar-refractivity contribution in [2.24, 2.45) is 5.73 Å². The van der Waals surface area contributed by atoms with Crippen molar-refractivity contribution in [3.05, 3.63) is 18.2 Å². The molecule has 210 valence electrons. The van der Waals surface area contributed by atoms with Gasteiger partial charge in [0.25, 0.3) is 0 Å². The predicted octanol–water partition coefficient (Wildman–Crippen LogP) is -2.59. The first-order valence-electron chi connectivity index (χ1n) is 11.3. The van der Waals surface area contributed by atoms with Crippen molar-refractivity contribution in [3.63, 3.8) is 0 Å². The third-order valence-electron chi connectivity index (χ3n) is 5.15. The first-order valence-corrected chi connectivity index (χ1v) is 11.3. The zero-order valence-corrected chi connectivity index (χ0v) is 20.1. The average Bonchev–Trinajstić information content (AvgIpc) is 3.33. The van der Waals surface area contributed by atoms with E-state index >= 15 is 0 Å². The number of H-pyrrole nitrogens is 1. The molecule has 1 aromatic rings. The van der Waals surface area contributed by atoms with Crippen LogP contribution in [0.4, 0.5) is 0 Å². The van der Waals surface area contributed by atoms with Gasteiger partial charge in [0.1, 0.15) is 18.1 Å². The number of hydrogen-bond donors (Lipinski definition) is 9. The number of rotatable bonds is 18. The summed E-state index contributed by atoms with van der Waals surface area (Å²) in [6.07, 6.45) is -0.355. The highest BCUT2D eigenvalue weighted by Crippen LogP contribution is 2.06. The van der Waals surface area contributed by atoms with E-state index in [1.807, 2.05) is 0 Å². The molecular formula is C21H30N6O11. The van der Waals surface area contributed by atoms with Gasteiger partial charge in [-0.2, -0.15) is 0 Å². The van der Waals surface area contributed by atoms with Crippen LogP contribution < -0.4 is 21.7 Å². The van der Waals surface area contributed by atoms with E-state index in [1.54, 1.807) is 0 Å². The molecule has 1 heterocycles. The zero-order chi connectivity index (χ0) is 28.8. The topological polar surface area (TPSA) is 291 Å². The highest BCUT2D eigenvalue weighted by atomic mass is 16.4. The number of carbonyl (C=O) groups is 7. The second-order valence-corrected chi connectivity index (χ2v) is 8.21. The number of nitrogens with zero attached hydrogens (tertiary/aromatic N) is 1. The highest BCUT2D eigenvalue weighted by Gasteiger charge is 2.31. The quantitative estimate of drug-likeness (QED) is 0.0921. The molecule has 0 fully saturated rings. The summed E-state index contributed by atoms with van der Waals surface area (Å²) in [6, 6.07) is -5.90. The molecular weight excluding hydrogens is 512 g/mol. The summed E-state index contributed by atoms with van der Waals surface area (Å²) in [5, 5.41) is 42.6. The van der Waals surface area contributed by atoms with Crippen LogP contribution in [0.3, 0.4) is 0 Å². The molecule has 0 bridgehead atoms. The molecule has 0 aliphatic heterocycles. The Bertz CT molecular complexity index is 1010. The Morgan fingerprint density at radius 3 is 1.55 bits per heavy atom. The van der Waals surface area contributed by atoms with Crippen LogP contribution in [0, 0.1) is 0 Å². The lowest BCUT2D eigenvalue weighted by molar-refractivity contribution is -0.144. The fraction of sp³-hybridized carbons (Fsp3) is 0.524. The van der Waals surface area contributed by atoms with Crippen LogP contribution in [0.25, 0.3) is 0 Å². The van der Waals surface area contributed by atoms with Gasteiger partial charge in [-0.05, 0) is 19.3 Å². The van der Waals surface area contributed by atoms with E-state index < -0.39 is 104 Å². The SMILES string of the molecule is NC(Cc1cnc[nH]1)C(=O)NC(CCC(=O)O)C(=O)NC(CCC(=O)O)C(=O)NC(CCC(=O)O)C(=O)O. The van der Waals surface area contributed by atoms with Crippen molar-refractivity contribution in [2.45, 2.75) is 69.1 Å². The van der Waals surface area contributed by atoms with Gasteiger partial charge >= 0.3 is 23.9 Å². The van der Waals surface area contributed by atoms with Gasteiger partial charge in [-0.25, -0.2) is 9.78 Å². The van der Waals surface area contributed by atoms with Crippen molar-refractivity contribution >= 4 is 41.6 Å². The van der Waals surface area contributed by atoms with Crippen LogP contribution in [0.1, 0.15) is 44.2 Å². The summed E-state index contributed by atoms with van der Waals surface area (Å²) < 4.78 is 0. The Morgan fingerprint density at radius 2 is 1.16 bits per heavy atom. The number of nitrogens with two attached hydrogens (primary N) is 1. The molecule has 0 saturated carbocycles. The minimum atomic E-state index is -1.65. The molecule has 0 aliphatic carbocycles. The summed E-state index contributed by atoms with van der Waals surface area (Å²) in [7, 11) is 0. The number of aromatic amines is 1. The Balaban J connectivity index is 3.01. The molecule has 17 nitrogen and oxygen atoms in total. The van der Waals surface area contributed by atoms with Gasteiger partial charge in [0, 0.05) is 37.6 Å². The van der Waals surface area contributed by atoms with Crippen molar-refractivity contribution in [2.75, 3.05) is 0 Å². The number of hydrogen-bond acceptors (Lipinski definition) is 9. The molecule has 0 spiro atoms. The largest absolute Gasteiger partial charge is 0.481 e. The van der Waals surface area contributed by atoms with Crippen molar-refractivity contribution in [1.29, 1.82) is 0 Å². The van der Waals surface area contributed by atoms with Gasteiger partial charge in [-0.1, -0.05) is 0 Å². The third kappa shape index (κ3) is 11.9. The molecule has 38 heavy (non-hydrogen) atoms. The maximum atomic E-state index is 12.9. The van der Waals surface area contributed by atoms with E-state index in [2.05, 4.69) is 25.9 Å². The van der Waals surface area contributed by atoms with E-state index in [9.17, 15) is 38.7 Å². The number of aliphatic carboxylic acids is 4. The van der Waals surface area contributed by atoms with E-state index in [0.717, 1.165) is 0 Å². The van der Waals surface area contributed by atoms with Crippen LogP contribution in [0.15, 0.2) is 12.5 Å². The summed E-state index contributed by atoms with van der Waals surface area (Å²) in [5.41, 5.74) is 6.36. The number of imidazole rings is 1. The van der Waals surface area contributed by atoms with Crippen LogP contribution in [0.5, 0.6) is 0 Å². The van der Waals surface area contributed by atoms with E-state index in [1.165, 1.54) is 12.5 Å². The number of carboxylic acid groups (broad SMARTS) is 4. The van der Waals surface area contributed by atoms with Gasteiger partial charge in [-0.3, -0.25) is 28.8 Å². The molecule has 4 unspecified atom stereocenters. The number of amides is 3. The minimum absolute atomic E-state index is 0.00959. The fourth-order valence-electron chi connectivity index (χ4n) is 3.15. The first-order chi connectivity index (χ1) is 17.8. The summed E-state index contributed by atoms with van der Waals surface area (Å²) in [5.74, 6) is -8.48. The number of carboxylic acids is 4. The minimum Gasteiger partial charge on any atom is -0.481 e. The lowest BCUT2D eigenvalue weighted by atomic mass is 10.1. The van der Waals surface area contributed by atoms with Crippen LogP contribution in [-0.4, -0.2) is 96.2 Å². The van der Waals surface area contributed by atoms with Crippen LogP contribution >= 0.6 is 0 Å². The molecule has 0 aliphatic rings. The Labute approximate surface area is 215 Å². The van der Waals surface area contributed by atoms with Gasteiger partial charge in [0.2, 0.25) is 17.7 Å². The van der Waals surface area contributed by atoms with Gasteiger partial charge in [0.05, 0.1) is 12.4 Å². The molecule has 1 aromatic heterocycles. The Kier molecular flexibility index (Phi) is 12.9. The standard InChI is InChI=1S/C21H30N6O11/c22-11(7-10-8-23-9-24-10)18(34)25-12(1-4-15(28)29)19(35)26-13(2-5-16(30)31)20(36)27-14(21(37)38)3-6-17(32)33/h8-9,11-14H,1-7,22H2,(H,23,24)(H,25,34)(H,26,35)(H,27,36)(H,28,29)(H,30,31)(H,32,33)(H,37,38). The van der Waals surface area contributed by atoms with Crippen LogP contribution in [-0.2, 0) is 40.0 Å². The predicted molar refractivity (Wildman–Crippen MR) is 124 cm³/mol. The first kappa shape index (κ1) is 31.5. The third-order valence-corrected chi connectivity index (χ3v) is 5.15. The van der Waals surface area contributed by atoms with Gasteiger partial charge in [0.15, 0.2) is 0 Å². The maximum absolute atomic E-state index is 12.9. The molecule has 3 amide bonds. The second kappa shape index (κ2) is 15.5. The molecule has 17 heteroatoms. The zero-order valence-electron chi connectivity index (χ0n) is 20.1.